The van der Waals surface area contributed by atoms with Gasteiger partial charge in [0.15, 0.2) is 6.29 Å². The van der Waals surface area contributed by atoms with Gasteiger partial charge in [0.1, 0.15) is 12.2 Å². The zero-order valence-corrected chi connectivity index (χ0v) is 8.75. The van der Waals surface area contributed by atoms with Crippen molar-refractivity contribution in [2.24, 2.45) is 5.73 Å². The van der Waals surface area contributed by atoms with Crippen LogP contribution in [0.4, 0.5) is 0 Å². The first kappa shape index (κ1) is 11.9. The van der Waals surface area contributed by atoms with Crippen molar-refractivity contribution in [1.29, 1.82) is 0 Å². The molecule has 84 valence electrons. The molecular formula is C9H19NO4. The van der Waals surface area contributed by atoms with Gasteiger partial charge in [-0.15, -0.1) is 0 Å². The van der Waals surface area contributed by atoms with Gasteiger partial charge in [-0.1, -0.05) is 0 Å². The smallest absolute Gasteiger partial charge is 0.175 e. The summed E-state index contributed by atoms with van der Waals surface area (Å²) in [7, 11) is 0. The van der Waals surface area contributed by atoms with Crippen LogP contribution in [-0.2, 0) is 9.47 Å². The predicted molar refractivity (Wildman–Crippen MR) is 50.5 cm³/mol. The largest absolute Gasteiger partial charge is 0.388 e. The summed E-state index contributed by atoms with van der Waals surface area (Å²) in [6, 6.07) is -0.705. The predicted octanol–water partition coefficient (Wildman–Crippen LogP) is -0.795. The van der Waals surface area contributed by atoms with Gasteiger partial charge in [-0.25, -0.2) is 0 Å². The minimum absolute atomic E-state index is 0.0271. The van der Waals surface area contributed by atoms with Gasteiger partial charge in [0.2, 0.25) is 0 Å². The molecule has 0 aromatic heterocycles. The third-order valence-corrected chi connectivity index (χ3v) is 2.29. The summed E-state index contributed by atoms with van der Waals surface area (Å²) in [6.07, 6.45) is -3.09. The number of aliphatic hydroxyl groups is 2. The van der Waals surface area contributed by atoms with Crippen LogP contribution in [0, 0.1) is 0 Å². The third kappa shape index (κ3) is 2.43. The van der Waals surface area contributed by atoms with Crippen LogP contribution in [0.1, 0.15) is 20.8 Å². The molecule has 4 N–H and O–H groups in total. The lowest BCUT2D eigenvalue weighted by atomic mass is 9.98. The molecule has 1 rings (SSSR count). The van der Waals surface area contributed by atoms with Crippen molar-refractivity contribution in [3.63, 3.8) is 0 Å². The second kappa shape index (κ2) is 4.55. The van der Waals surface area contributed by atoms with Crippen molar-refractivity contribution in [1.82, 2.24) is 0 Å². The Morgan fingerprint density at radius 1 is 1.29 bits per heavy atom. The van der Waals surface area contributed by atoms with Crippen molar-refractivity contribution >= 4 is 0 Å². The number of ether oxygens (including phenoxy) is 2. The fourth-order valence-electron chi connectivity index (χ4n) is 1.44. The van der Waals surface area contributed by atoms with Gasteiger partial charge in [0.05, 0.1) is 18.2 Å². The summed E-state index contributed by atoms with van der Waals surface area (Å²) in [5.41, 5.74) is 5.66. The molecule has 0 aliphatic carbocycles. The number of aliphatic hydroxyl groups excluding tert-OH is 2. The Bertz CT molecular complexity index is 188. The lowest BCUT2D eigenvalue weighted by molar-refractivity contribution is -0.264. The van der Waals surface area contributed by atoms with Gasteiger partial charge >= 0.3 is 0 Å². The highest BCUT2D eigenvalue weighted by Gasteiger charge is 2.41. The summed E-state index contributed by atoms with van der Waals surface area (Å²) < 4.78 is 10.7. The summed E-state index contributed by atoms with van der Waals surface area (Å²) in [4.78, 5) is 0. The van der Waals surface area contributed by atoms with Crippen molar-refractivity contribution in [2.75, 3.05) is 0 Å². The van der Waals surface area contributed by atoms with Crippen LogP contribution in [0.2, 0.25) is 0 Å². The molecule has 0 aromatic carbocycles. The van der Waals surface area contributed by atoms with E-state index >= 15 is 0 Å². The molecule has 0 radical (unpaired) electrons. The molecule has 0 saturated carbocycles. The summed E-state index contributed by atoms with van der Waals surface area (Å²) in [5.74, 6) is 0. The van der Waals surface area contributed by atoms with Crippen LogP contribution in [0.3, 0.4) is 0 Å². The lowest BCUT2D eigenvalue weighted by Gasteiger charge is -2.40. The molecule has 5 atom stereocenters. The molecule has 14 heavy (non-hydrogen) atoms. The van der Waals surface area contributed by atoms with Crippen LogP contribution in [0.15, 0.2) is 0 Å². The Labute approximate surface area is 83.8 Å². The molecule has 0 aromatic rings. The summed E-state index contributed by atoms with van der Waals surface area (Å²) in [6.45, 7) is 5.40. The molecule has 1 fully saturated rings. The Hall–Kier alpha value is -0.200. The number of rotatable bonds is 2. The molecule has 5 heteroatoms. The van der Waals surface area contributed by atoms with E-state index < -0.39 is 30.6 Å². The van der Waals surface area contributed by atoms with E-state index in [-0.39, 0.29) is 6.10 Å². The maximum Gasteiger partial charge on any atom is 0.175 e. The van der Waals surface area contributed by atoms with Crippen LogP contribution in [0.5, 0.6) is 0 Å². The van der Waals surface area contributed by atoms with E-state index in [2.05, 4.69) is 0 Å². The number of nitrogens with two attached hydrogens (primary N) is 1. The van der Waals surface area contributed by atoms with Crippen molar-refractivity contribution < 1.29 is 19.7 Å². The van der Waals surface area contributed by atoms with Gasteiger partial charge in [0.25, 0.3) is 0 Å². The third-order valence-electron chi connectivity index (χ3n) is 2.29. The second-order valence-corrected chi connectivity index (χ2v) is 3.95. The first-order valence-corrected chi connectivity index (χ1v) is 4.86. The van der Waals surface area contributed by atoms with Crippen molar-refractivity contribution in [3.8, 4) is 0 Å². The lowest BCUT2D eigenvalue weighted by Crippen LogP contribution is -2.61. The highest BCUT2D eigenvalue weighted by atomic mass is 16.7. The molecule has 0 spiro atoms. The zero-order chi connectivity index (χ0) is 10.9. The molecule has 2 unspecified atom stereocenters. The van der Waals surface area contributed by atoms with Gasteiger partial charge < -0.3 is 25.4 Å². The molecule has 1 heterocycles. The Morgan fingerprint density at radius 2 is 1.86 bits per heavy atom. The van der Waals surface area contributed by atoms with Crippen LogP contribution >= 0.6 is 0 Å². The highest BCUT2D eigenvalue weighted by molar-refractivity contribution is 4.89. The highest BCUT2D eigenvalue weighted by Crippen LogP contribution is 2.21. The second-order valence-electron chi connectivity index (χ2n) is 3.95. The van der Waals surface area contributed by atoms with E-state index in [0.29, 0.717) is 0 Å². The fourth-order valence-corrected chi connectivity index (χ4v) is 1.44. The molecule has 1 aliphatic rings. The summed E-state index contributed by atoms with van der Waals surface area (Å²) in [5, 5.41) is 19.0. The normalized spacial score (nSPS) is 44.4. The zero-order valence-electron chi connectivity index (χ0n) is 8.75. The van der Waals surface area contributed by atoms with Gasteiger partial charge in [0, 0.05) is 0 Å². The summed E-state index contributed by atoms with van der Waals surface area (Å²) >= 11 is 0. The van der Waals surface area contributed by atoms with Crippen LogP contribution in [-0.4, -0.2) is 47.0 Å². The van der Waals surface area contributed by atoms with E-state index in [9.17, 15) is 10.2 Å². The van der Waals surface area contributed by atoms with Crippen LogP contribution in [0.25, 0.3) is 0 Å². The Balaban J connectivity index is 2.60. The van der Waals surface area contributed by atoms with E-state index in [1.165, 1.54) is 0 Å². The van der Waals surface area contributed by atoms with Gasteiger partial charge in [-0.3, -0.25) is 0 Å². The Morgan fingerprint density at radius 3 is 2.36 bits per heavy atom. The van der Waals surface area contributed by atoms with E-state index in [4.69, 9.17) is 15.2 Å². The molecule has 0 bridgehead atoms. The van der Waals surface area contributed by atoms with E-state index in [1.54, 1.807) is 6.92 Å². The molecule has 1 saturated heterocycles. The van der Waals surface area contributed by atoms with Crippen molar-refractivity contribution in [3.05, 3.63) is 0 Å². The minimum Gasteiger partial charge on any atom is -0.388 e. The monoisotopic (exact) mass is 205 g/mol. The molecule has 1 aliphatic heterocycles. The first-order chi connectivity index (χ1) is 6.43. The molecular weight excluding hydrogens is 186 g/mol. The number of hydrogen-bond acceptors (Lipinski definition) is 5. The van der Waals surface area contributed by atoms with Crippen molar-refractivity contribution in [2.45, 2.75) is 57.5 Å². The quantitative estimate of drug-likeness (QED) is 0.550. The SMILES string of the molecule is CC(C)O[C@H]1OC(C)[C@@H](O)[C@H](O)C1N. The number of hydrogen-bond donors (Lipinski definition) is 3. The average molecular weight is 205 g/mol. The van der Waals surface area contributed by atoms with E-state index in [1.807, 2.05) is 13.8 Å². The van der Waals surface area contributed by atoms with E-state index in [0.717, 1.165) is 0 Å². The standard InChI is InChI=1S/C9H19NO4/c1-4(2)13-9-6(10)8(12)7(11)5(3)14-9/h4-9,11-12H,10H2,1-3H3/t5?,6?,7-,8-,9+/m1/s1. The topological polar surface area (TPSA) is 84.9 Å². The minimum atomic E-state index is -0.998. The van der Waals surface area contributed by atoms with Crippen LogP contribution < -0.4 is 5.73 Å². The first-order valence-electron chi connectivity index (χ1n) is 4.86. The Kier molecular flexibility index (Phi) is 3.86. The van der Waals surface area contributed by atoms with Gasteiger partial charge in [-0.05, 0) is 20.8 Å². The molecule has 5 nitrogen and oxygen atoms in total. The fraction of sp³-hybridized carbons (Fsp3) is 1.00. The maximum atomic E-state index is 9.56. The molecule has 0 amide bonds. The average Bonchev–Trinajstić information content (AvgIpc) is 2.10. The van der Waals surface area contributed by atoms with Gasteiger partial charge in [-0.2, -0.15) is 0 Å². The maximum absolute atomic E-state index is 9.56.